The van der Waals surface area contributed by atoms with Gasteiger partial charge in [0, 0.05) is 18.5 Å². The van der Waals surface area contributed by atoms with E-state index in [4.69, 9.17) is 0 Å². The molecular weight excluding hydrogens is 305 g/mol. The molecule has 1 aromatic carbocycles. The molecule has 0 amide bonds. The maximum Gasteiger partial charge on any atom is 0.416 e. The molecule has 0 unspecified atom stereocenters. The van der Waals surface area contributed by atoms with Gasteiger partial charge in [0.05, 0.1) is 12.2 Å². The van der Waals surface area contributed by atoms with E-state index in [9.17, 15) is 18.3 Å². The van der Waals surface area contributed by atoms with E-state index < -0.39 is 11.7 Å². The number of benzene rings is 1. The van der Waals surface area contributed by atoms with Crippen LogP contribution < -0.4 is 0 Å². The lowest BCUT2D eigenvalue weighted by molar-refractivity contribution is -0.137. The molecule has 1 saturated heterocycles. The van der Waals surface area contributed by atoms with Crippen LogP contribution >= 0.6 is 0 Å². The highest BCUT2D eigenvalue weighted by Gasteiger charge is 2.34. The van der Waals surface area contributed by atoms with Crippen LogP contribution in [-0.2, 0) is 12.7 Å². The first kappa shape index (κ1) is 18.2. The normalized spacial score (nSPS) is 19.3. The molecule has 23 heavy (non-hydrogen) atoms. The van der Waals surface area contributed by atoms with Crippen molar-refractivity contribution >= 4 is 0 Å². The predicted molar refractivity (Wildman–Crippen MR) is 84.0 cm³/mol. The summed E-state index contributed by atoms with van der Waals surface area (Å²) in [7, 11) is 4.01. The summed E-state index contributed by atoms with van der Waals surface area (Å²) in [5, 5.41) is 9.72. The summed E-state index contributed by atoms with van der Waals surface area (Å²) in [4.78, 5) is 4.34. The molecule has 0 bridgehead atoms. The number of aliphatic hydroxyl groups excluding tert-OH is 1. The molecule has 130 valence electrons. The first-order valence-electron chi connectivity index (χ1n) is 7.88. The molecule has 1 aliphatic heterocycles. The summed E-state index contributed by atoms with van der Waals surface area (Å²) in [6, 6.07) is 5.39. The molecule has 1 aromatic rings. The van der Waals surface area contributed by atoms with Gasteiger partial charge in [-0.25, -0.2) is 0 Å². The summed E-state index contributed by atoms with van der Waals surface area (Å²) >= 11 is 0. The van der Waals surface area contributed by atoms with Crippen LogP contribution in [-0.4, -0.2) is 55.2 Å². The lowest BCUT2D eigenvalue weighted by atomic mass is 9.78. The van der Waals surface area contributed by atoms with E-state index in [-0.39, 0.29) is 12.0 Å². The van der Waals surface area contributed by atoms with E-state index >= 15 is 0 Å². The quantitative estimate of drug-likeness (QED) is 0.899. The highest BCUT2D eigenvalue weighted by atomic mass is 19.4. The molecule has 0 aliphatic carbocycles. The standard InChI is InChI=1S/C17H25F3N2O/c1-21(2)12-16(13-23)7-9-22(10-8-16)11-14-3-5-15(6-4-14)17(18,19)20/h3-6,23H,7-13H2,1-2H3. The Morgan fingerprint density at radius 1 is 1.13 bits per heavy atom. The number of piperidine rings is 1. The first-order chi connectivity index (χ1) is 10.7. The molecule has 0 atom stereocenters. The topological polar surface area (TPSA) is 26.7 Å². The van der Waals surface area contributed by atoms with Crippen molar-refractivity contribution in [3.8, 4) is 0 Å². The number of halogens is 3. The van der Waals surface area contributed by atoms with Gasteiger partial charge in [-0.1, -0.05) is 12.1 Å². The zero-order valence-electron chi connectivity index (χ0n) is 13.7. The number of likely N-dealkylation sites (tertiary alicyclic amines) is 1. The van der Waals surface area contributed by atoms with Crippen molar-refractivity contribution in [2.75, 3.05) is 40.3 Å². The Labute approximate surface area is 135 Å². The predicted octanol–water partition coefficient (Wildman–Crippen LogP) is 2.84. The van der Waals surface area contributed by atoms with Gasteiger partial charge >= 0.3 is 6.18 Å². The highest BCUT2D eigenvalue weighted by molar-refractivity contribution is 5.24. The van der Waals surface area contributed by atoms with Gasteiger partial charge in [0.15, 0.2) is 0 Å². The van der Waals surface area contributed by atoms with Crippen LogP contribution in [0.4, 0.5) is 13.2 Å². The van der Waals surface area contributed by atoms with Crippen LogP contribution in [0.25, 0.3) is 0 Å². The Balaban J connectivity index is 1.91. The fourth-order valence-corrected chi connectivity index (χ4v) is 3.28. The minimum atomic E-state index is -4.28. The second-order valence-corrected chi connectivity index (χ2v) is 6.87. The molecule has 1 aliphatic rings. The van der Waals surface area contributed by atoms with Gasteiger partial charge in [0.25, 0.3) is 0 Å². The van der Waals surface area contributed by atoms with Gasteiger partial charge < -0.3 is 10.0 Å². The second kappa shape index (κ2) is 7.20. The molecule has 0 radical (unpaired) electrons. The van der Waals surface area contributed by atoms with Crippen molar-refractivity contribution in [2.45, 2.75) is 25.6 Å². The van der Waals surface area contributed by atoms with E-state index in [1.54, 1.807) is 12.1 Å². The third-order valence-electron chi connectivity index (χ3n) is 4.59. The molecule has 0 saturated carbocycles. The summed E-state index contributed by atoms with van der Waals surface area (Å²) < 4.78 is 37.7. The van der Waals surface area contributed by atoms with E-state index in [2.05, 4.69) is 9.80 Å². The molecular formula is C17H25F3N2O. The summed E-state index contributed by atoms with van der Waals surface area (Å²) in [6.45, 7) is 3.41. The Kier molecular flexibility index (Phi) is 5.70. The zero-order valence-corrected chi connectivity index (χ0v) is 13.7. The fraction of sp³-hybridized carbons (Fsp3) is 0.647. The van der Waals surface area contributed by atoms with E-state index in [0.717, 1.165) is 50.2 Å². The number of hydrogen-bond acceptors (Lipinski definition) is 3. The van der Waals surface area contributed by atoms with Crippen LogP contribution in [0.2, 0.25) is 0 Å². The van der Waals surface area contributed by atoms with Crippen LogP contribution in [0.15, 0.2) is 24.3 Å². The number of rotatable bonds is 5. The van der Waals surface area contributed by atoms with Crippen molar-refractivity contribution in [2.24, 2.45) is 5.41 Å². The van der Waals surface area contributed by atoms with Crippen molar-refractivity contribution in [3.63, 3.8) is 0 Å². The Morgan fingerprint density at radius 2 is 1.70 bits per heavy atom. The fourth-order valence-electron chi connectivity index (χ4n) is 3.28. The van der Waals surface area contributed by atoms with Gasteiger partial charge in [-0.15, -0.1) is 0 Å². The van der Waals surface area contributed by atoms with Gasteiger partial charge in [-0.05, 0) is 57.7 Å². The monoisotopic (exact) mass is 330 g/mol. The van der Waals surface area contributed by atoms with E-state index in [1.165, 1.54) is 0 Å². The van der Waals surface area contributed by atoms with Crippen LogP contribution in [0.5, 0.6) is 0 Å². The van der Waals surface area contributed by atoms with Gasteiger partial charge in [-0.3, -0.25) is 4.90 Å². The lowest BCUT2D eigenvalue weighted by Gasteiger charge is -2.42. The van der Waals surface area contributed by atoms with Crippen molar-refractivity contribution < 1.29 is 18.3 Å². The molecule has 1 fully saturated rings. The van der Waals surface area contributed by atoms with Crippen LogP contribution in [0.3, 0.4) is 0 Å². The van der Waals surface area contributed by atoms with Gasteiger partial charge in [-0.2, -0.15) is 13.2 Å². The van der Waals surface area contributed by atoms with Crippen molar-refractivity contribution in [3.05, 3.63) is 35.4 Å². The van der Waals surface area contributed by atoms with Gasteiger partial charge in [0.2, 0.25) is 0 Å². The largest absolute Gasteiger partial charge is 0.416 e. The maximum absolute atomic E-state index is 12.6. The zero-order chi connectivity index (χ0) is 17.1. The summed E-state index contributed by atoms with van der Waals surface area (Å²) in [5.41, 5.74) is 0.229. The van der Waals surface area contributed by atoms with Gasteiger partial charge in [0.1, 0.15) is 0 Å². The molecule has 1 N–H and O–H groups in total. The second-order valence-electron chi connectivity index (χ2n) is 6.87. The molecule has 3 nitrogen and oxygen atoms in total. The Bertz CT molecular complexity index is 492. The molecule has 1 heterocycles. The summed E-state index contributed by atoms with van der Waals surface area (Å²) in [6.07, 6.45) is -2.47. The smallest absolute Gasteiger partial charge is 0.396 e. The number of alkyl halides is 3. The number of nitrogens with zero attached hydrogens (tertiary/aromatic N) is 2. The molecule has 2 rings (SSSR count). The highest BCUT2D eigenvalue weighted by Crippen LogP contribution is 2.33. The molecule has 0 aromatic heterocycles. The van der Waals surface area contributed by atoms with Crippen LogP contribution in [0.1, 0.15) is 24.0 Å². The average Bonchev–Trinajstić information content (AvgIpc) is 2.48. The third kappa shape index (κ3) is 4.93. The number of aliphatic hydroxyl groups is 1. The third-order valence-corrected chi connectivity index (χ3v) is 4.59. The van der Waals surface area contributed by atoms with Crippen molar-refractivity contribution in [1.82, 2.24) is 9.80 Å². The maximum atomic E-state index is 12.6. The molecule has 0 spiro atoms. The Hall–Kier alpha value is -1.11. The Morgan fingerprint density at radius 3 is 2.13 bits per heavy atom. The average molecular weight is 330 g/mol. The minimum Gasteiger partial charge on any atom is -0.396 e. The number of hydrogen-bond donors (Lipinski definition) is 1. The van der Waals surface area contributed by atoms with Crippen LogP contribution in [0, 0.1) is 5.41 Å². The minimum absolute atomic E-state index is 0.0554. The summed E-state index contributed by atoms with van der Waals surface area (Å²) in [5.74, 6) is 0. The van der Waals surface area contributed by atoms with E-state index in [0.29, 0.717) is 6.54 Å². The lowest BCUT2D eigenvalue weighted by Crippen LogP contribution is -2.46. The van der Waals surface area contributed by atoms with E-state index in [1.807, 2.05) is 14.1 Å². The van der Waals surface area contributed by atoms with Crippen molar-refractivity contribution in [1.29, 1.82) is 0 Å². The first-order valence-corrected chi connectivity index (χ1v) is 7.88. The molecule has 6 heteroatoms. The SMILES string of the molecule is CN(C)CC1(CO)CCN(Cc2ccc(C(F)(F)F)cc2)CC1.